The molecule has 0 aliphatic carbocycles. The zero-order valence-corrected chi connectivity index (χ0v) is 14.9. The molecule has 7 heteroatoms. The first-order chi connectivity index (χ1) is 10.5. The molecule has 2 heterocycles. The normalized spacial score (nSPS) is 15.7. The van der Waals surface area contributed by atoms with E-state index in [2.05, 4.69) is 0 Å². The Hall–Kier alpha value is -0.920. The van der Waals surface area contributed by atoms with Crippen LogP contribution in [0.5, 0.6) is 0 Å². The van der Waals surface area contributed by atoms with Crippen LogP contribution >= 0.6 is 11.3 Å². The number of hydrogen-bond donors (Lipinski definition) is 0. The van der Waals surface area contributed by atoms with Gasteiger partial charge in [-0.05, 0) is 25.3 Å². The highest BCUT2D eigenvalue weighted by molar-refractivity contribution is 7.91. The fourth-order valence-corrected chi connectivity index (χ4v) is 5.37. The van der Waals surface area contributed by atoms with Crippen molar-refractivity contribution in [3.63, 3.8) is 0 Å². The van der Waals surface area contributed by atoms with Crippen LogP contribution in [0.3, 0.4) is 0 Å². The number of likely N-dealkylation sites (tertiary alicyclic amines) is 1. The highest BCUT2D eigenvalue weighted by Crippen LogP contribution is 2.26. The number of carbonyl (C=O) groups excluding carboxylic acids is 1. The summed E-state index contributed by atoms with van der Waals surface area (Å²) in [7, 11) is -3.48. The lowest BCUT2D eigenvalue weighted by molar-refractivity contribution is 0.0793. The molecule has 0 N–H and O–H groups in total. The molecular weight excluding hydrogens is 320 g/mol. The number of rotatable bonds is 7. The Kier molecular flexibility index (Phi) is 6.00. The highest BCUT2D eigenvalue weighted by Gasteiger charge is 2.27. The summed E-state index contributed by atoms with van der Waals surface area (Å²) in [6.07, 6.45) is 3.86. The molecule has 5 nitrogen and oxygen atoms in total. The van der Waals surface area contributed by atoms with E-state index in [0.29, 0.717) is 18.7 Å². The van der Waals surface area contributed by atoms with E-state index in [-0.39, 0.29) is 10.1 Å². The third kappa shape index (κ3) is 3.70. The van der Waals surface area contributed by atoms with Gasteiger partial charge in [0, 0.05) is 31.6 Å². The molecule has 1 aliphatic heterocycles. The van der Waals surface area contributed by atoms with Gasteiger partial charge < -0.3 is 4.90 Å². The van der Waals surface area contributed by atoms with Gasteiger partial charge >= 0.3 is 0 Å². The van der Waals surface area contributed by atoms with Crippen LogP contribution < -0.4 is 0 Å². The number of carbonyl (C=O) groups is 1. The van der Waals surface area contributed by atoms with Gasteiger partial charge in [-0.15, -0.1) is 11.3 Å². The number of nitrogens with zero attached hydrogens (tertiary/aromatic N) is 2. The van der Waals surface area contributed by atoms with Crippen molar-refractivity contribution in [2.24, 2.45) is 0 Å². The molecule has 1 aliphatic rings. The topological polar surface area (TPSA) is 57.7 Å². The Morgan fingerprint density at radius 3 is 2.59 bits per heavy atom. The van der Waals surface area contributed by atoms with E-state index in [9.17, 15) is 13.2 Å². The Balaban J connectivity index is 2.16. The summed E-state index contributed by atoms with van der Waals surface area (Å²) in [5.41, 5.74) is 0.497. The highest BCUT2D eigenvalue weighted by atomic mass is 32.2. The number of unbranched alkanes of at least 4 members (excludes halogenated alkanes) is 1. The minimum Gasteiger partial charge on any atom is -0.339 e. The van der Waals surface area contributed by atoms with Crippen LogP contribution in [0.2, 0.25) is 0 Å². The minimum atomic E-state index is -3.48. The average Bonchev–Trinajstić information content (AvgIpc) is 3.19. The van der Waals surface area contributed by atoms with Gasteiger partial charge in [0.05, 0.1) is 5.56 Å². The molecule has 0 radical (unpaired) electrons. The Morgan fingerprint density at radius 1 is 1.32 bits per heavy atom. The molecule has 0 unspecified atom stereocenters. The molecule has 0 aromatic carbocycles. The van der Waals surface area contributed by atoms with Crippen LogP contribution in [-0.2, 0) is 10.0 Å². The van der Waals surface area contributed by atoms with Gasteiger partial charge in [-0.2, -0.15) is 4.31 Å². The molecule has 0 atom stereocenters. The molecule has 124 valence electrons. The largest absolute Gasteiger partial charge is 0.339 e. The summed E-state index contributed by atoms with van der Waals surface area (Å²) < 4.78 is 27.0. The van der Waals surface area contributed by atoms with Crippen molar-refractivity contribution >= 4 is 27.3 Å². The number of amides is 1. The van der Waals surface area contributed by atoms with Crippen molar-refractivity contribution in [3.8, 4) is 0 Å². The molecule has 1 aromatic rings. The molecule has 0 bridgehead atoms. The predicted octanol–water partition coefficient (Wildman–Crippen LogP) is 2.79. The van der Waals surface area contributed by atoms with Crippen LogP contribution in [0.15, 0.2) is 15.7 Å². The van der Waals surface area contributed by atoms with E-state index < -0.39 is 10.0 Å². The second kappa shape index (κ2) is 7.57. The standard InChI is InChI=1S/C15H24N2O3S2/c1-3-5-10-17(4-2)22(19,20)14-11-13(12-21-14)15(18)16-8-6-7-9-16/h11-12H,3-10H2,1-2H3. The lowest BCUT2D eigenvalue weighted by Crippen LogP contribution is -2.31. The fourth-order valence-electron chi connectivity index (χ4n) is 2.58. The molecule has 0 spiro atoms. The van der Waals surface area contributed by atoms with Gasteiger partial charge in [-0.3, -0.25) is 4.79 Å². The SMILES string of the molecule is CCCCN(CC)S(=O)(=O)c1cc(C(=O)N2CCCC2)cs1. The van der Waals surface area contributed by atoms with Crippen molar-refractivity contribution < 1.29 is 13.2 Å². The fraction of sp³-hybridized carbons (Fsp3) is 0.667. The summed E-state index contributed by atoms with van der Waals surface area (Å²) >= 11 is 1.14. The quantitative estimate of drug-likeness (QED) is 0.764. The third-order valence-electron chi connectivity index (χ3n) is 3.92. The molecule has 0 saturated carbocycles. The van der Waals surface area contributed by atoms with Gasteiger partial charge in [0.2, 0.25) is 0 Å². The smallest absolute Gasteiger partial charge is 0.254 e. The first-order valence-electron chi connectivity index (χ1n) is 7.88. The van der Waals surface area contributed by atoms with E-state index in [1.165, 1.54) is 10.4 Å². The van der Waals surface area contributed by atoms with Crippen molar-refractivity contribution in [2.75, 3.05) is 26.2 Å². The monoisotopic (exact) mass is 344 g/mol. The van der Waals surface area contributed by atoms with E-state index in [1.807, 2.05) is 13.8 Å². The Morgan fingerprint density at radius 2 is 2.00 bits per heavy atom. The number of thiophene rings is 1. The molecule has 2 rings (SSSR count). The molecule has 1 aromatic heterocycles. The summed E-state index contributed by atoms with van der Waals surface area (Å²) in [5.74, 6) is -0.0493. The van der Waals surface area contributed by atoms with Gasteiger partial charge in [-0.25, -0.2) is 8.42 Å². The zero-order chi connectivity index (χ0) is 16.2. The summed E-state index contributed by atoms with van der Waals surface area (Å²) in [6.45, 7) is 6.41. The molecular formula is C15H24N2O3S2. The Labute approximate surface area is 137 Å². The zero-order valence-electron chi connectivity index (χ0n) is 13.2. The molecule has 1 fully saturated rings. The first-order valence-corrected chi connectivity index (χ1v) is 10.2. The maximum absolute atomic E-state index is 12.6. The third-order valence-corrected chi connectivity index (χ3v) is 7.31. The van der Waals surface area contributed by atoms with Crippen LogP contribution in [0, 0.1) is 0 Å². The van der Waals surface area contributed by atoms with Crippen molar-refractivity contribution in [3.05, 3.63) is 17.0 Å². The molecule has 22 heavy (non-hydrogen) atoms. The lowest BCUT2D eigenvalue weighted by Gasteiger charge is -2.19. The number of sulfonamides is 1. The van der Waals surface area contributed by atoms with Crippen LogP contribution in [-0.4, -0.2) is 49.7 Å². The first kappa shape index (κ1) is 17.4. The van der Waals surface area contributed by atoms with Crippen LogP contribution in [0.25, 0.3) is 0 Å². The average molecular weight is 345 g/mol. The maximum atomic E-state index is 12.6. The van der Waals surface area contributed by atoms with Gasteiger partial charge in [0.25, 0.3) is 15.9 Å². The van der Waals surface area contributed by atoms with E-state index in [1.54, 1.807) is 10.3 Å². The van der Waals surface area contributed by atoms with Crippen LogP contribution in [0.1, 0.15) is 49.9 Å². The van der Waals surface area contributed by atoms with E-state index in [4.69, 9.17) is 0 Å². The van der Waals surface area contributed by atoms with E-state index >= 15 is 0 Å². The Bertz CT molecular complexity index is 604. The second-order valence-corrected chi connectivity index (χ2v) is 8.58. The van der Waals surface area contributed by atoms with Crippen molar-refractivity contribution in [1.82, 2.24) is 9.21 Å². The van der Waals surface area contributed by atoms with Gasteiger partial charge in [0.15, 0.2) is 0 Å². The predicted molar refractivity (Wildman–Crippen MR) is 88.8 cm³/mol. The summed E-state index contributed by atoms with van der Waals surface area (Å²) in [6, 6.07) is 1.54. The van der Waals surface area contributed by atoms with Gasteiger partial charge in [-0.1, -0.05) is 20.3 Å². The summed E-state index contributed by atoms with van der Waals surface area (Å²) in [5, 5.41) is 1.67. The van der Waals surface area contributed by atoms with Crippen molar-refractivity contribution in [1.29, 1.82) is 0 Å². The molecule has 1 amide bonds. The maximum Gasteiger partial charge on any atom is 0.254 e. The molecule has 1 saturated heterocycles. The lowest BCUT2D eigenvalue weighted by atomic mass is 10.3. The minimum absolute atomic E-state index is 0.0493. The van der Waals surface area contributed by atoms with Crippen molar-refractivity contribution in [2.45, 2.75) is 43.7 Å². The second-order valence-electron chi connectivity index (χ2n) is 5.50. The van der Waals surface area contributed by atoms with Crippen LogP contribution in [0.4, 0.5) is 0 Å². The number of hydrogen-bond acceptors (Lipinski definition) is 4. The van der Waals surface area contributed by atoms with E-state index in [0.717, 1.165) is 50.1 Å². The summed E-state index contributed by atoms with van der Waals surface area (Å²) in [4.78, 5) is 14.1. The van der Waals surface area contributed by atoms with Gasteiger partial charge in [0.1, 0.15) is 4.21 Å².